The highest BCUT2D eigenvalue weighted by atomic mass is 16.6. The quantitative estimate of drug-likeness (QED) is 0.380. The molecule has 0 aliphatic carbocycles. The number of carbonyl (C=O) groups excluding carboxylic acids is 2. The highest BCUT2D eigenvalue weighted by Crippen LogP contribution is 2.21. The van der Waals surface area contributed by atoms with Crippen LogP contribution in [0, 0.1) is 10.1 Å². The molecule has 0 aliphatic heterocycles. The van der Waals surface area contributed by atoms with Crippen molar-refractivity contribution >= 4 is 17.6 Å². The second kappa shape index (κ2) is 7.87. The Labute approximate surface area is 138 Å². The van der Waals surface area contributed by atoms with Gasteiger partial charge < -0.3 is 10.1 Å². The van der Waals surface area contributed by atoms with E-state index in [0.717, 1.165) is 5.56 Å². The molecule has 0 bridgehead atoms. The van der Waals surface area contributed by atoms with Gasteiger partial charge in [-0.25, -0.2) is 0 Å². The molecule has 0 saturated carbocycles. The van der Waals surface area contributed by atoms with E-state index in [-0.39, 0.29) is 23.8 Å². The van der Waals surface area contributed by atoms with Crippen molar-refractivity contribution < 1.29 is 19.2 Å². The largest absolute Gasteiger partial charge is 0.426 e. The van der Waals surface area contributed by atoms with Crippen LogP contribution in [-0.4, -0.2) is 16.8 Å². The van der Waals surface area contributed by atoms with Gasteiger partial charge >= 0.3 is 5.97 Å². The Balaban J connectivity index is 2.04. The molecular formula is C17H16N2O5. The summed E-state index contributed by atoms with van der Waals surface area (Å²) in [6.45, 7) is 1.37. The van der Waals surface area contributed by atoms with E-state index in [0.29, 0.717) is 0 Å². The number of benzene rings is 2. The molecule has 7 heteroatoms. The van der Waals surface area contributed by atoms with Crippen LogP contribution in [0.1, 0.15) is 24.9 Å². The molecule has 1 amide bonds. The number of nitro benzene ring substituents is 1. The Hall–Kier alpha value is -3.22. The molecule has 0 fully saturated rings. The van der Waals surface area contributed by atoms with E-state index < -0.39 is 16.9 Å². The SMILES string of the molecule is CC(=O)N[C@H](CC(=O)Oc1ccc([N+](=O)[O-])cc1)c1ccccc1. The number of nitrogens with one attached hydrogen (secondary N) is 1. The third-order valence-corrected chi connectivity index (χ3v) is 3.23. The summed E-state index contributed by atoms with van der Waals surface area (Å²) in [6.07, 6.45) is -0.0550. The van der Waals surface area contributed by atoms with Gasteiger partial charge in [0.1, 0.15) is 5.75 Å². The van der Waals surface area contributed by atoms with Gasteiger partial charge in [-0.2, -0.15) is 0 Å². The van der Waals surface area contributed by atoms with Crippen molar-refractivity contribution in [2.45, 2.75) is 19.4 Å². The zero-order valence-electron chi connectivity index (χ0n) is 13.0. The monoisotopic (exact) mass is 328 g/mol. The van der Waals surface area contributed by atoms with E-state index >= 15 is 0 Å². The molecule has 2 aromatic carbocycles. The van der Waals surface area contributed by atoms with Crippen LogP contribution in [0.25, 0.3) is 0 Å². The lowest BCUT2D eigenvalue weighted by Gasteiger charge is -2.17. The van der Waals surface area contributed by atoms with Gasteiger partial charge in [-0.15, -0.1) is 0 Å². The highest BCUT2D eigenvalue weighted by molar-refractivity contribution is 5.77. The van der Waals surface area contributed by atoms with E-state index in [4.69, 9.17) is 4.74 Å². The van der Waals surface area contributed by atoms with Gasteiger partial charge in [-0.05, 0) is 17.7 Å². The fraction of sp³-hybridized carbons (Fsp3) is 0.176. The van der Waals surface area contributed by atoms with Crippen molar-refractivity contribution in [2.24, 2.45) is 0 Å². The molecule has 1 N–H and O–H groups in total. The van der Waals surface area contributed by atoms with E-state index in [1.54, 1.807) is 12.1 Å². The molecule has 124 valence electrons. The van der Waals surface area contributed by atoms with Crippen molar-refractivity contribution in [1.29, 1.82) is 0 Å². The molecule has 0 aromatic heterocycles. The Morgan fingerprint density at radius 1 is 1.12 bits per heavy atom. The molecule has 2 aromatic rings. The Morgan fingerprint density at radius 2 is 1.75 bits per heavy atom. The number of nitro groups is 1. The summed E-state index contributed by atoms with van der Waals surface area (Å²) in [7, 11) is 0. The number of rotatable bonds is 6. The normalized spacial score (nSPS) is 11.4. The van der Waals surface area contributed by atoms with Crippen molar-refractivity contribution in [3.05, 3.63) is 70.3 Å². The summed E-state index contributed by atoms with van der Waals surface area (Å²) in [5, 5.41) is 13.3. The summed E-state index contributed by atoms with van der Waals surface area (Å²) in [6, 6.07) is 13.8. The van der Waals surface area contributed by atoms with Crippen molar-refractivity contribution in [3.63, 3.8) is 0 Å². The first-order chi connectivity index (χ1) is 11.5. The molecule has 2 rings (SSSR count). The minimum atomic E-state index is -0.550. The third-order valence-electron chi connectivity index (χ3n) is 3.23. The summed E-state index contributed by atoms with van der Waals surface area (Å²) in [4.78, 5) is 33.5. The zero-order valence-corrected chi connectivity index (χ0v) is 13.0. The van der Waals surface area contributed by atoms with Crippen molar-refractivity contribution in [2.75, 3.05) is 0 Å². The Kier molecular flexibility index (Phi) is 5.62. The average Bonchev–Trinajstić information content (AvgIpc) is 2.55. The van der Waals surface area contributed by atoms with E-state index in [2.05, 4.69) is 5.32 Å². The minimum absolute atomic E-state index is 0.0550. The van der Waals surface area contributed by atoms with Gasteiger partial charge in [0.15, 0.2) is 0 Å². The van der Waals surface area contributed by atoms with Gasteiger partial charge in [-0.3, -0.25) is 19.7 Å². The number of hydrogen-bond donors (Lipinski definition) is 1. The maximum absolute atomic E-state index is 12.1. The lowest BCUT2D eigenvalue weighted by atomic mass is 10.0. The smallest absolute Gasteiger partial charge is 0.313 e. The molecule has 0 spiro atoms. The topological polar surface area (TPSA) is 98.5 Å². The molecular weight excluding hydrogens is 312 g/mol. The van der Waals surface area contributed by atoms with Crippen LogP contribution in [0.5, 0.6) is 5.75 Å². The van der Waals surface area contributed by atoms with E-state index in [1.165, 1.54) is 31.2 Å². The molecule has 0 saturated heterocycles. The van der Waals surface area contributed by atoms with Crippen LogP contribution in [0.15, 0.2) is 54.6 Å². The van der Waals surface area contributed by atoms with E-state index in [9.17, 15) is 19.7 Å². The molecule has 0 radical (unpaired) electrons. The predicted molar refractivity (Wildman–Crippen MR) is 86.3 cm³/mol. The first-order valence-corrected chi connectivity index (χ1v) is 7.23. The van der Waals surface area contributed by atoms with Crippen LogP contribution in [0.3, 0.4) is 0 Å². The van der Waals surface area contributed by atoms with Crippen LogP contribution < -0.4 is 10.1 Å². The molecule has 1 atom stereocenters. The van der Waals surface area contributed by atoms with Crippen LogP contribution in [-0.2, 0) is 9.59 Å². The third kappa shape index (κ3) is 4.91. The van der Waals surface area contributed by atoms with E-state index in [1.807, 2.05) is 18.2 Å². The first-order valence-electron chi connectivity index (χ1n) is 7.23. The molecule has 0 unspecified atom stereocenters. The number of carbonyl (C=O) groups is 2. The van der Waals surface area contributed by atoms with Gasteiger partial charge in [-0.1, -0.05) is 30.3 Å². The van der Waals surface area contributed by atoms with Gasteiger partial charge in [0.25, 0.3) is 5.69 Å². The number of non-ortho nitro benzene ring substituents is 1. The van der Waals surface area contributed by atoms with Crippen molar-refractivity contribution in [3.8, 4) is 5.75 Å². The number of ether oxygens (including phenoxy) is 1. The molecule has 0 heterocycles. The highest BCUT2D eigenvalue weighted by Gasteiger charge is 2.18. The van der Waals surface area contributed by atoms with Gasteiger partial charge in [0.05, 0.1) is 17.4 Å². The molecule has 0 aliphatic rings. The first kappa shape index (κ1) is 17.1. The second-order valence-corrected chi connectivity index (χ2v) is 5.09. The molecule has 7 nitrogen and oxygen atoms in total. The van der Waals surface area contributed by atoms with Crippen LogP contribution in [0.2, 0.25) is 0 Å². The Morgan fingerprint density at radius 3 is 2.29 bits per heavy atom. The predicted octanol–water partition coefficient (Wildman–Crippen LogP) is 2.77. The maximum Gasteiger partial charge on any atom is 0.313 e. The molecule has 24 heavy (non-hydrogen) atoms. The number of amides is 1. The fourth-order valence-corrected chi connectivity index (χ4v) is 2.16. The second-order valence-electron chi connectivity index (χ2n) is 5.09. The van der Waals surface area contributed by atoms with Crippen LogP contribution >= 0.6 is 0 Å². The number of nitrogens with zero attached hydrogens (tertiary/aromatic N) is 1. The van der Waals surface area contributed by atoms with Gasteiger partial charge in [0, 0.05) is 19.1 Å². The van der Waals surface area contributed by atoms with Crippen LogP contribution in [0.4, 0.5) is 5.69 Å². The van der Waals surface area contributed by atoms with Crippen molar-refractivity contribution in [1.82, 2.24) is 5.32 Å². The average molecular weight is 328 g/mol. The van der Waals surface area contributed by atoms with Gasteiger partial charge in [0.2, 0.25) is 5.91 Å². The fourth-order valence-electron chi connectivity index (χ4n) is 2.16. The summed E-state index contributed by atoms with van der Waals surface area (Å²) >= 11 is 0. The number of esters is 1. The standard InChI is InChI=1S/C17H16N2O5/c1-12(20)18-16(13-5-3-2-4-6-13)11-17(21)24-15-9-7-14(8-10-15)19(22)23/h2-10,16H,11H2,1H3,(H,18,20)/t16-/m1/s1. The Bertz CT molecular complexity index is 728. The number of hydrogen-bond acceptors (Lipinski definition) is 5. The summed E-state index contributed by atoms with van der Waals surface area (Å²) < 4.78 is 5.17. The summed E-state index contributed by atoms with van der Waals surface area (Å²) in [5.74, 6) is -0.598. The summed E-state index contributed by atoms with van der Waals surface area (Å²) in [5.41, 5.74) is 0.698. The lowest BCUT2D eigenvalue weighted by Crippen LogP contribution is -2.29. The zero-order chi connectivity index (χ0) is 17.5. The lowest BCUT2D eigenvalue weighted by molar-refractivity contribution is -0.384. The minimum Gasteiger partial charge on any atom is -0.426 e. The maximum atomic E-state index is 12.1.